The van der Waals surface area contributed by atoms with Crippen LogP contribution in [0.5, 0.6) is 0 Å². The van der Waals surface area contributed by atoms with Gasteiger partial charge in [-0.3, -0.25) is 14.5 Å². The molecule has 0 radical (unpaired) electrons. The molecule has 5 heteroatoms. The summed E-state index contributed by atoms with van der Waals surface area (Å²) < 4.78 is 0. The fourth-order valence-corrected chi connectivity index (χ4v) is 4.98. The van der Waals surface area contributed by atoms with Gasteiger partial charge in [0, 0.05) is 43.3 Å². The highest BCUT2D eigenvalue weighted by Gasteiger charge is 2.25. The Kier molecular flexibility index (Phi) is 7.94. The maximum absolute atomic E-state index is 12.6. The van der Waals surface area contributed by atoms with E-state index in [1.807, 2.05) is 24.3 Å². The normalized spacial score (nSPS) is 18.4. The minimum absolute atomic E-state index is 0.119. The van der Waals surface area contributed by atoms with Crippen molar-refractivity contribution in [3.63, 3.8) is 0 Å². The summed E-state index contributed by atoms with van der Waals surface area (Å²) in [5.74, 6) is 1.06. The molecule has 5 nitrogen and oxygen atoms in total. The van der Waals surface area contributed by atoms with Gasteiger partial charge in [0.1, 0.15) is 6.29 Å². The molecule has 2 aromatic carbocycles. The molecule has 0 aromatic heterocycles. The van der Waals surface area contributed by atoms with E-state index in [1.165, 1.54) is 18.4 Å². The van der Waals surface area contributed by atoms with E-state index in [9.17, 15) is 9.59 Å². The summed E-state index contributed by atoms with van der Waals surface area (Å²) in [6, 6.07) is 18.4. The summed E-state index contributed by atoms with van der Waals surface area (Å²) in [7, 11) is 0. The van der Waals surface area contributed by atoms with Crippen LogP contribution in [0.1, 0.15) is 48.0 Å². The van der Waals surface area contributed by atoms with Crippen LogP contribution in [0, 0.1) is 11.8 Å². The highest BCUT2D eigenvalue weighted by molar-refractivity contribution is 5.79. The average molecular weight is 434 g/mol. The van der Waals surface area contributed by atoms with E-state index >= 15 is 0 Å². The van der Waals surface area contributed by atoms with E-state index in [4.69, 9.17) is 0 Å². The molecule has 0 unspecified atom stereocenters. The van der Waals surface area contributed by atoms with Crippen molar-refractivity contribution in [2.75, 3.05) is 37.6 Å². The van der Waals surface area contributed by atoms with E-state index in [2.05, 4.69) is 45.4 Å². The van der Waals surface area contributed by atoms with Gasteiger partial charge in [-0.15, -0.1) is 0 Å². The van der Waals surface area contributed by atoms with Crippen LogP contribution in [0.3, 0.4) is 0 Å². The number of hydrogen-bond acceptors (Lipinski definition) is 4. The molecule has 2 aliphatic rings. The van der Waals surface area contributed by atoms with Gasteiger partial charge in [-0.2, -0.15) is 0 Å². The van der Waals surface area contributed by atoms with E-state index in [0.29, 0.717) is 5.56 Å². The number of rotatable bonds is 8. The number of amides is 1. The number of benzene rings is 2. The van der Waals surface area contributed by atoms with Crippen molar-refractivity contribution >= 4 is 17.9 Å². The van der Waals surface area contributed by atoms with Crippen molar-refractivity contribution in [3.05, 3.63) is 65.7 Å². The van der Waals surface area contributed by atoms with Gasteiger partial charge < -0.3 is 10.2 Å². The van der Waals surface area contributed by atoms with Gasteiger partial charge >= 0.3 is 0 Å². The largest absolute Gasteiger partial charge is 0.371 e. The number of nitrogens with zero attached hydrogens (tertiary/aromatic N) is 2. The highest BCUT2D eigenvalue weighted by Crippen LogP contribution is 2.24. The van der Waals surface area contributed by atoms with Crippen LogP contribution in [-0.4, -0.2) is 49.8 Å². The Balaban J connectivity index is 1.11. The molecule has 2 aromatic rings. The SMILES string of the molecule is O=Cc1ccc(N2CCC(C(=O)NCCC3CCN(Cc4ccccc4)CC3)CC2)cc1. The Morgan fingerprint density at radius 1 is 0.906 bits per heavy atom. The van der Waals surface area contributed by atoms with E-state index in [-0.39, 0.29) is 11.8 Å². The van der Waals surface area contributed by atoms with Crippen molar-refractivity contribution in [2.24, 2.45) is 11.8 Å². The maximum atomic E-state index is 12.6. The summed E-state index contributed by atoms with van der Waals surface area (Å²) in [6.45, 7) is 5.93. The number of nitrogens with one attached hydrogen (secondary N) is 1. The quantitative estimate of drug-likeness (QED) is 0.636. The lowest BCUT2D eigenvalue weighted by Crippen LogP contribution is -2.41. The lowest BCUT2D eigenvalue weighted by atomic mass is 9.92. The van der Waals surface area contributed by atoms with Crippen LogP contribution in [0.2, 0.25) is 0 Å². The Morgan fingerprint density at radius 3 is 2.25 bits per heavy atom. The topological polar surface area (TPSA) is 52.7 Å². The van der Waals surface area contributed by atoms with Gasteiger partial charge in [-0.25, -0.2) is 0 Å². The molecule has 0 bridgehead atoms. The van der Waals surface area contributed by atoms with E-state index < -0.39 is 0 Å². The van der Waals surface area contributed by atoms with Crippen molar-refractivity contribution < 1.29 is 9.59 Å². The third-order valence-electron chi connectivity index (χ3n) is 7.07. The number of hydrogen-bond donors (Lipinski definition) is 1. The number of anilines is 1. The molecule has 32 heavy (non-hydrogen) atoms. The molecule has 1 amide bonds. The zero-order valence-corrected chi connectivity index (χ0v) is 18.9. The minimum Gasteiger partial charge on any atom is -0.371 e. The first-order valence-corrected chi connectivity index (χ1v) is 12.1. The predicted molar refractivity (Wildman–Crippen MR) is 129 cm³/mol. The molecular weight excluding hydrogens is 398 g/mol. The van der Waals surface area contributed by atoms with Crippen LogP contribution in [-0.2, 0) is 11.3 Å². The van der Waals surface area contributed by atoms with Crippen molar-refractivity contribution in [1.29, 1.82) is 0 Å². The second-order valence-corrected chi connectivity index (χ2v) is 9.26. The Labute approximate surface area is 191 Å². The summed E-state index contributed by atoms with van der Waals surface area (Å²) in [6.07, 6.45) is 6.19. The fourth-order valence-electron chi connectivity index (χ4n) is 4.98. The molecule has 0 spiro atoms. The third-order valence-corrected chi connectivity index (χ3v) is 7.07. The molecule has 2 saturated heterocycles. The van der Waals surface area contributed by atoms with Crippen molar-refractivity contribution in [1.82, 2.24) is 10.2 Å². The van der Waals surface area contributed by atoms with Gasteiger partial charge in [0.05, 0.1) is 0 Å². The first kappa shape index (κ1) is 22.5. The number of aldehydes is 1. The summed E-state index contributed by atoms with van der Waals surface area (Å²) in [5, 5.41) is 3.21. The molecule has 0 atom stereocenters. The summed E-state index contributed by atoms with van der Waals surface area (Å²) in [4.78, 5) is 28.3. The number of carbonyl (C=O) groups excluding carboxylic acids is 2. The van der Waals surface area contributed by atoms with E-state index in [1.54, 1.807) is 0 Å². The molecule has 0 aliphatic carbocycles. The van der Waals surface area contributed by atoms with Crippen LogP contribution >= 0.6 is 0 Å². The first-order chi connectivity index (χ1) is 15.7. The van der Waals surface area contributed by atoms with Gasteiger partial charge in [-0.05, 0) is 80.9 Å². The Bertz CT molecular complexity index is 852. The highest BCUT2D eigenvalue weighted by atomic mass is 16.1. The molecule has 2 fully saturated rings. The Hall–Kier alpha value is -2.66. The van der Waals surface area contributed by atoms with Crippen molar-refractivity contribution in [2.45, 2.75) is 38.6 Å². The van der Waals surface area contributed by atoms with Crippen LogP contribution in [0.15, 0.2) is 54.6 Å². The van der Waals surface area contributed by atoms with Crippen LogP contribution in [0.4, 0.5) is 5.69 Å². The van der Waals surface area contributed by atoms with E-state index in [0.717, 1.165) is 76.4 Å². The van der Waals surface area contributed by atoms with Crippen molar-refractivity contribution in [3.8, 4) is 0 Å². The van der Waals surface area contributed by atoms with Gasteiger partial charge in [0.25, 0.3) is 0 Å². The molecule has 2 heterocycles. The second-order valence-electron chi connectivity index (χ2n) is 9.26. The van der Waals surface area contributed by atoms with Crippen LogP contribution in [0.25, 0.3) is 0 Å². The zero-order chi connectivity index (χ0) is 22.2. The summed E-state index contributed by atoms with van der Waals surface area (Å²) in [5.41, 5.74) is 3.22. The number of likely N-dealkylation sites (tertiary alicyclic amines) is 1. The molecule has 4 rings (SSSR count). The molecule has 1 N–H and O–H groups in total. The third kappa shape index (κ3) is 6.19. The van der Waals surface area contributed by atoms with Gasteiger partial charge in [-0.1, -0.05) is 30.3 Å². The average Bonchev–Trinajstić information content (AvgIpc) is 2.86. The molecule has 2 aliphatic heterocycles. The second kappa shape index (κ2) is 11.3. The number of carbonyl (C=O) groups is 2. The molecule has 0 saturated carbocycles. The van der Waals surface area contributed by atoms with Gasteiger partial charge in [0.2, 0.25) is 5.91 Å². The lowest BCUT2D eigenvalue weighted by Gasteiger charge is -2.33. The Morgan fingerprint density at radius 2 is 1.59 bits per heavy atom. The van der Waals surface area contributed by atoms with Gasteiger partial charge in [0.15, 0.2) is 0 Å². The molecular formula is C27H35N3O2. The summed E-state index contributed by atoms with van der Waals surface area (Å²) >= 11 is 0. The monoisotopic (exact) mass is 433 g/mol. The smallest absolute Gasteiger partial charge is 0.223 e. The fraction of sp³-hybridized carbons (Fsp3) is 0.481. The zero-order valence-electron chi connectivity index (χ0n) is 18.9. The first-order valence-electron chi connectivity index (χ1n) is 12.1. The van der Waals surface area contributed by atoms with Crippen LogP contribution < -0.4 is 10.2 Å². The number of piperidine rings is 2. The maximum Gasteiger partial charge on any atom is 0.223 e. The minimum atomic E-state index is 0.119. The molecule has 170 valence electrons. The predicted octanol–water partition coefficient (Wildman–Crippen LogP) is 4.13. The standard InChI is InChI=1S/C27H35N3O2/c31-21-24-6-8-26(9-7-24)30-18-13-25(14-19-30)27(32)28-15-10-22-11-16-29(17-12-22)20-23-4-2-1-3-5-23/h1-9,21-22,25H,10-20H2,(H,28,32). The lowest BCUT2D eigenvalue weighted by molar-refractivity contribution is -0.125.